The van der Waals surface area contributed by atoms with E-state index in [9.17, 15) is 9.90 Å². The molecule has 1 amide bonds. The molecule has 1 heterocycles. The van der Waals surface area contributed by atoms with Crippen molar-refractivity contribution in [3.63, 3.8) is 0 Å². The van der Waals surface area contributed by atoms with E-state index in [1.807, 2.05) is 59.2 Å². The number of methoxy groups -OCH3 is 2. The number of carbonyl (C=O) groups excluding carboxylic acids is 1. The van der Waals surface area contributed by atoms with Crippen molar-refractivity contribution in [3.05, 3.63) is 78.4 Å². The van der Waals surface area contributed by atoms with Crippen LogP contribution in [0.5, 0.6) is 17.2 Å². The smallest absolute Gasteiger partial charge is 0.250 e. The Labute approximate surface area is 206 Å². The Hall–Kier alpha value is -4.31. The van der Waals surface area contributed by atoms with Crippen molar-refractivity contribution in [3.8, 4) is 34.3 Å². The molecule has 9 nitrogen and oxygen atoms in total. The number of para-hydroxylation sites is 1. The van der Waals surface area contributed by atoms with E-state index in [0.717, 1.165) is 17.0 Å². The highest BCUT2D eigenvalue weighted by Crippen LogP contribution is 2.29. The molecule has 0 atom stereocenters. The maximum absolute atomic E-state index is 12.4. The van der Waals surface area contributed by atoms with E-state index in [2.05, 4.69) is 20.7 Å². The molecular formula is C25H23N5O4S. The number of benzene rings is 3. The van der Waals surface area contributed by atoms with Crippen LogP contribution in [0, 0.1) is 0 Å². The number of ether oxygens (including phenoxy) is 2. The van der Waals surface area contributed by atoms with Crippen molar-refractivity contribution in [2.45, 2.75) is 5.16 Å². The number of aromatic hydroxyl groups is 1. The predicted molar refractivity (Wildman–Crippen MR) is 134 cm³/mol. The quantitative estimate of drug-likeness (QED) is 0.208. The van der Waals surface area contributed by atoms with Crippen molar-refractivity contribution < 1.29 is 19.4 Å². The van der Waals surface area contributed by atoms with Gasteiger partial charge >= 0.3 is 0 Å². The molecule has 1 aromatic heterocycles. The third kappa shape index (κ3) is 5.79. The van der Waals surface area contributed by atoms with Gasteiger partial charge in [0, 0.05) is 11.3 Å². The molecule has 0 spiro atoms. The number of hydrogen-bond acceptors (Lipinski definition) is 8. The SMILES string of the molecule is COc1ccc(-c2nnc(SCC(=O)N/N=C/c3ccc(O)c(OC)c3)n2-c2ccccc2)cc1. The van der Waals surface area contributed by atoms with Crippen molar-refractivity contribution in [1.29, 1.82) is 0 Å². The Bertz CT molecular complexity index is 1320. The van der Waals surface area contributed by atoms with E-state index in [-0.39, 0.29) is 17.4 Å². The van der Waals surface area contributed by atoms with E-state index in [0.29, 0.717) is 22.3 Å². The molecule has 0 bridgehead atoms. The molecule has 0 saturated carbocycles. The first-order valence-electron chi connectivity index (χ1n) is 10.6. The minimum absolute atomic E-state index is 0.0293. The number of aromatic nitrogens is 3. The van der Waals surface area contributed by atoms with Crippen molar-refractivity contribution in [1.82, 2.24) is 20.2 Å². The number of hydrogen-bond donors (Lipinski definition) is 2. The summed E-state index contributed by atoms with van der Waals surface area (Å²) in [6, 6.07) is 22.0. The van der Waals surface area contributed by atoms with Gasteiger partial charge in [-0.2, -0.15) is 5.10 Å². The average molecular weight is 490 g/mol. The van der Waals surface area contributed by atoms with Gasteiger partial charge in [-0.3, -0.25) is 9.36 Å². The molecule has 0 aliphatic carbocycles. The van der Waals surface area contributed by atoms with Gasteiger partial charge in [0.2, 0.25) is 0 Å². The summed E-state index contributed by atoms with van der Waals surface area (Å²) in [5, 5.41) is 22.9. The lowest BCUT2D eigenvalue weighted by Crippen LogP contribution is -2.20. The zero-order chi connectivity index (χ0) is 24.6. The number of carbonyl (C=O) groups is 1. The monoisotopic (exact) mass is 489 g/mol. The Morgan fingerprint density at radius 3 is 2.54 bits per heavy atom. The molecule has 10 heteroatoms. The highest BCUT2D eigenvalue weighted by molar-refractivity contribution is 7.99. The number of nitrogens with one attached hydrogen (secondary N) is 1. The van der Waals surface area contributed by atoms with Crippen LogP contribution in [0.15, 0.2) is 83.1 Å². The highest BCUT2D eigenvalue weighted by Gasteiger charge is 2.17. The van der Waals surface area contributed by atoms with Gasteiger partial charge in [0.1, 0.15) is 5.75 Å². The topological polar surface area (TPSA) is 111 Å². The Kier molecular flexibility index (Phi) is 7.63. The highest BCUT2D eigenvalue weighted by atomic mass is 32.2. The molecule has 0 radical (unpaired) electrons. The minimum atomic E-state index is -0.300. The third-order valence-corrected chi connectivity index (χ3v) is 5.86. The van der Waals surface area contributed by atoms with Crippen LogP contribution in [0.1, 0.15) is 5.56 Å². The maximum Gasteiger partial charge on any atom is 0.250 e. The lowest BCUT2D eigenvalue weighted by molar-refractivity contribution is -0.118. The number of nitrogens with zero attached hydrogens (tertiary/aromatic N) is 4. The second kappa shape index (κ2) is 11.2. The van der Waals surface area contributed by atoms with Crippen LogP contribution in [-0.2, 0) is 4.79 Å². The van der Waals surface area contributed by atoms with Gasteiger partial charge in [-0.05, 0) is 60.2 Å². The minimum Gasteiger partial charge on any atom is -0.504 e. The number of hydrazone groups is 1. The van der Waals surface area contributed by atoms with Gasteiger partial charge in [0.25, 0.3) is 5.91 Å². The average Bonchev–Trinajstić information content (AvgIpc) is 3.33. The molecule has 0 saturated heterocycles. The van der Waals surface area contributed by atoms with Gasteiger partial charge in [-0.1, -0.05) is 30.0 Å². The van der Waals surface area contributed by atoms with Crippen LogP contribution in [-0.4, -0.2) is 52.0 Å². The summed E-state index contributed by atoms with van der Waals surface area (Å²) >= 11 is 1.25. The third-order valence-electron chi connectivity index (χ3n) is 4.93. The van der Waals surface area contributed by atoms with Crippen molar-refractivity contribution in [2.24, 2.45) is 5.10 Å². The summed E-state index contributed by atoms with van der Waals surface area (Å²) in [6.45, 7) is 0. The molecule has 178 valence electrons. The Balaban J connectivity index is 1.48. The van der Waals surface area contributed by atoms with Gasteiger partial charge in [-0.15, -0.1) is 10.2 Å². The fourth-order valence-electron chi connectivity index (χ4n) is 3.22. The standard InChI is InChI=1S/C25H23N5O4S/c1-33-20-11-9-18(10-12-20)24-28-29-25(30(24)19-6-4-3-5-7-19)35-16-23(32)27-26-15-17-8-13-21(31)22(14-17)34-2/h3-15,31H,16H2,1-2H3,(H,27,32)/b26-15+. The lowest BCUT2D eigenvalue weighted by atomic mass is 10.2. The number of amides is 1. The number of thioether (sulfide) groups is 1. The van der Waals surface area contributed by atoms with Gasteiger partial charge < -0.3 is 14.6 Å². The van der Waals surface area contributed by atoms with Crippen LogP contribution in [0.3, 0.4) is 0 Å². The summed E-state index contributed by atoms with van der Waals surface area (Å²) in [4.78, 5) is 12.4. The summed E-state index contributed by atoms with van der Waals surface area (Å²) in [7, 11) is 3.08. The molecule has 4 aromatic rings. The molecule has 3 aromatic carbocycles. The van der Waals surface area contributed by atoms with E-state index in [1.54, 1.807) is 19.2 Å². The predicted octanol–water partition coefficient (Wildman–Crippen LogP) is 3.90. The van der Waals surface area contributed by atoms with Crippen LogP contribution in [0.4, 0.5) is 0 Å². The number of rotatable bonds is 9. The van der Waals surface area contributed by atoms with Gasteiger partial charge in [0.05, 0.1) is 26.2 Å². The molecular weight excluding hydrogens is 466 g/mol. The number of phenols is 1. The fourth-order valence-corrected chi connectivity index (χ4v) is 3.96. The zero-order valence-corrected chi connectivity index (χ0v) is 19.9. The molecule has 35 heavy (non-hydrogen) atoms. The van der Waals surface area contributed by atoms with Crippen LogP contribution in [0.25, 0.3) is 17.1 Å². The first-order valence-corrected chi connectivity index (χ1v) is 11.5. The normalized spacial score (nSPS) is 10.9. The van der Waals surface area contributed by atoms with Crippen LogP contribution in [0.2, 0.25) is 0 Å². The molecule has 0 unspecified atom stereocenters. The summed E-state index contributed by atoms with van der Waals surface area (Å²) in [6.07, 6.45) is 1.47. The Morgan fingerprint density at radius 1 is 1.06 bits per heavy atom. The fraction of sp³-hybridized carbons (Fsp3) is 0.120. The largest absolute Gasteiger partial charge is 0.504 e. The second-order valence-electron chi connectivity index (χ2n) is 7.22. The zero-order valence-electron chi connectivity index (χ0n) is 19.1. The molecule has 0 aliphatic heterocycles. The van der Waals surface area contributed by atoms with Crippen molar-refractivity contribution >= 4 is 23.9 Å². The Morgan fingerprint density at radius 2 is 1.83 bits per heavy atom. The van der Waals surface area contributed by atoms with Crippen LogP contribution < -0.4 is 14.9 Å². The summed E-state index contributed by atoms with van der Waals surface area (Å²) in [5.41, 5.74) is 4.91. The van der Waals surface area contributed by atoms with E-state index in [4.69, 9.17) is 9.47 Å². The number of phenolic OH excluding ortho intramolecular Hbond substituents is 1. The van der Waals surface area contributed by atoms with E-state index < -0.39 is 0 Å². The van der Waals surface area contributed by atoms with Crippen LogP contribution >= 0.6 is 11.8 Å². The lowest BCUT2D eigenvalue weighted by Gasteiger charge is -2.10. The summed E-state index contributed by atoms with van der Waals surface area (Å²) < 4.78 is 12.2. The van der Waals surface area contributed by atoms with Crippen molar-refractivity contribution in [2.75, 3.05) is 20.0 Å². The van der Waals surface area contributed by atoms with E-state index >= 15 is 0 Å². The molecule has 0 aliphatic rings. The van der Waals surface area contributed by atoms with E-state index in [1.165, 1.54) is 31.2 Å². The molecule has 0 fully saturated rings. The molecule has 4 rings (SSSR count). The first kappa shape index (κ1) is 23.8. The second-order valence-corrected chi connectivity index (χ2v) is 8.16. The van der Waals surface area contributed by atoms with Gasteiger partial charge in [-0.25, -0.2) is 5.43 Å². The van der Waals surface area contributed by atoms with Gasteiger partial charge in [0.15, 0.2) is 22.5 Å². The molecule has 2 N–H and O–H groups in total. The first-order chi connectivity index (χ1) is 17.1. The maximum atomic E-state index is 12.4. The summed E-state index contributed by atoms with van der Waals surface area (Å²) in [5.74, 6) is 1.54.